The number of halogens is 1. The summed E-state index contributed by atoms with van der Waals surface area (Å²) >= 11 is 5.72. The Morgan fingerprint density at radius 2 is 2.00 bits per heavy atom. The number of carbonyl (C=O) groups is 1. The van der Waals surface area contributed by atoms with Crippen molar-refractivity contribution in [2.24, 2.45) is 0 Å². The molecule has 0 aliphatic rings. The smallest absolute Gasteiger partial charge is 0.162 e. The Morgan fingerprint density at radius 3 is 2.57 bits per heavy atom. The van der Waals surface area contributed by atoms with Crippen LogP contribution in [0.5, 0.6) is 0 Å². The third-order valence-corrected chi connectivity index (χ3v) is 2.25. The van der Waals surface area contributed by atoms with Gasteiger partial charge in [-0.2, -0.15) is 0 Å². The van der Waals surface area contributed by atoms with Crippen LogP contribution in [-0.4, -0.2) is 19.4 Å². The van der Waals surface area contributed by atoms with Crippen molar-refractivity contribution in [3.8, 4) is 0 Å². The quantitative estimate of drug-likeness (QED) is 0.599. The van der Waals surface area contributed by atoms with E-state index in [2.05, 4.69) is 5.32 Å². The summed E-state index contributed by atoms with van der Waals surface area (Å²) in [4.78, 5) is 11.6. The first kappa shape index (κ1) is 11.2. The number of hydrogen-bond donors (Lipinski definition) is 1. The van der Waals surface area contributed by atoms with Crippen LogP contribution in [0.3, 0.4) is 0 Å². The molecule has 0 aliphatic carbocycles. The van der Waals surface area contributed by atoms with Crippen LogP contribution in [0.4, 0.5) is 0 Å². The number of carbonyl (C=O) groups excluding carboxylic acids is 1. The molecule has 0 heterocycles. The topological polar surface area (TPSA) is 29.1 Å². The van der Waals surface area contributed by atoms with Gasteiger partial charge in [0, 0.05) is 17.0 Å². The molecular formula is C11H14ClNO. The summed E-state index contributed by atoms with van der Waals surface area (Å²) in [6.07, 6.45) is 1.46. The summed E-state index contributed by atoms with van der Waals surface area (Å²) in [5.41, 5.74) is 0.741. The molecule has 0 fully saturated rings. The van der Waals surface area contributed by atoms with E-state index in [9.17, 15) is 4.79 Å². The van der Waals surface area contributed by atoms with Gasteiger partial charge >= 0.3 is 0 Å². The average molecular weight is 212 g/mol. The molecule has 0 amide bonds. The van der Waals surface area contributed by atoms with E-state index < -0.39 is 0 Å². The van der Waals surface area contributed by atoms with Gasteiger partial charge in [0.1, 0.15) is 0 Å². The third kappa shape index (κ3) is 3.48. The molecule has 0 atom stereocenters. The van der Waals surface area contributed by atoms with Gasteiger partial charge in [-0.05, 0) is 44.3 Å². The van der Waals surface area contributed by atoms with Crippen LogP contribution in [0.15, 0.2) is 24.3 Å². The van der Waals surface area contributed by atoms with Gasteiger partial charge in [-0.15, -0.1) is 0 Å². The highest BCUT2D eigenvalue weighted by Gasteiger charge is 2.04. The predicted molar refractivity (Wildman–Crippen MR) is 58.9 cm³/mol. The lowest BCUT2D eigenvalue weighted by Crippen LogP contribution is -2.09. The number of hydrogen-bond acceptors (Lipinski definition) is 2. The van der Waals surface area contributed by atoms with Crippen molar-refractivity contribution in [2.45, 2.75) is 12.8 Å². The first-order valence-electron chi connectivity index (χ1n) is 4.67. The third-order valence-electron chi connectivity index (χ3n) is 2.00. The number of rotatable bonds is 5. The standard InChI is InChI=1S/C11H14ClNO/c1-13-8-2-3-11(14)9-4-6-10(12)7-5-9/h4-7,13H,2-3,8H2,1H3. The van der Waals surface area contributed by atoms with Crippen LogP contribution in [-0.2, 0) is 0 Å². The van der Waals surface area contributed by atoms with Crippen molar-refractivity contribution in [1.82, 2.24) is 5.32 Å². The average Bonchev–Trinajstić information content (AvgIpc) is 2.19. The number of benzene rings is 1. The van der Waals surface area contributed by atoms with E-state index >= 15 is 0 Å². The molecule has 0 spiro atoms. The molecule has 3 heteroatoms. The molecule has 0 aromatic heterocycles. The van der Waals surface area contributed by atoms with Crippen molar-refractivity contribution in [3.05, 3.63) is 34.9 Å². The Bertz CT molecular complexity index is 295. The first-order chi connectivity index (χ1) is 6.74. The second kappa shape index (κ2) is 5.78. The molecule has 0 aliphatic heterocycles. The molecule has 0 saturated carbocycles. The molecule has 1 rings (SSSR count). The summed E-state index contributed by atoms with van der Waals surface area (Å²) < 4.78 is 0. The van der Waals surface area contributed by atoms with Crippen LogP contribution in [0.1, 0.15) is 23.2 Å². The van der Waals surface area contributed by atoms with Gasteiger partial charge in [-0.3, -0.25) is 4.79 Å². The van der Waals surface area contributed by atoms with E-state index in [-0.39, 0.29) is 5.78 Å². The Morgan fingerprint density at radius 1 is 1.36 bits per heavy atom. The molecule has 76 valence electrons. The van der Waals surface area contributed by atoms with Gasteiger partial charge < -0.3 is 5.32 Å². The maximum Gasteiger partial charge on any atom is 0.162 e. The number of nitrogens with one attached hydrogen (secondary N) is 1. The van der Waals surface area contributed by atoms with E-state index in [4.69, 9.17) is 11.6 Å². The van der Waals surface area contributed by atoms with E-state index in [1.165, 1.54) is 0 Å². The summed E-state index contributed by atoms with van der Waals surface area (Å²) in [5.74, 6) is 0.178. The highest BCUT2D eigenvalue weighted by Crippen LogP contribution is 2.11. The molecule has 2 nitrogen and oxygen atoms in total. The van der Waals surface area contributed by atoms with Gasteiger partial charge in [0.2, 0.25) is 0 Å². The first-order valence-corrected chi connectivity index (χ1v) is 5.05. The van der Waals surface area contributed by atoms with Gasteiger partial charge in [-0.1, -0.05) is 11.6 Å². The van der Waals surface area contributed by atoms with Gasteiger partial charge in [-0.25, -0.2) is 0 Å². The highest BCUT2D eigenvalue weighted by atomic mass is 35.5. The molecule has 0 radical (unpaired) electrons. The normalized spacial score (nSPS) is 10.1. The lowest BCUT2D eigenvalue weighted by atomic mass is 10.1. The molecule has 14 heavy (non-hydrogen) atoms. The van der Waals surface area contributed by atoms with Crippen LogP contribution in [0.25, 0.3) is 0 Å². The SMILES string of the molecule is CNCCCC(=O)c1ccc(Cl)cc1. The molecule has 0 bridgehead atoms. The van der Waals surface area contributed by atoms with Crippen LogP contribution >= 0.6 is 11.6 Å². The molecule has 1 N–H and O–H groups in total. The van der Waals surface area contributed by atoms with Gasteiger partial charge in [0.05, 0.1) is 0 Å². The summed E-state index contributed by atoms with van der Waals surface area (Å²) in [5, 5.41) is 3.67. The zero-order chi connectivity index (χ0) is 10.4. The lowest BCUT2D eigenvalue weighted by molar-refractivity contribution is 0.0980. The molecular weight excluding hydrogens is 198 g/mol. The molecule has 0 unspecified atom stereocenters. The number of ketones is 1. The van der Waals surface area contributed by atoms with E-state index in [1.807, 2.05) is 7.05 Å². The second-order valence-corrected chi connectivity index (χ2v) is 3.57. The summed E-state index contributed by atoms with van der Waals surface area (Å²) in [7, 11) is 1.88. The number of Topliss-reactive ketones (excluding diaryl/α,β-unsaturated/α-hetero) is 1. The highest BCUT2D eigenvalue weighted by molar-refractivity contribution is 6.30. The summed E-state index contributed by atoms with van der Waals surface area (Å²) in [6, 6.07) is 7.02. The van der Waals surface area contributed by atoms with Crippen molar-refractivity contribution in [2.75, 3.05) is 13.6 Å². The maximum atomic E-state index is 11.6. The van der Waals surface area contributed by atoms with Crippen LogP contribution in [0, 0.1) is 0 Å². The Kier molecular flexibility index (Phi) is 4.63. The van der Waals surface area contributed by atoms with E-state index in [0.717, 1.165) is 18.5 Å². The van der Waals surface area contributed by atoms with Crippen LogP contribution in [0.2, 0.25) is 5.02 Å². The zero-order valence-corrected chi connectivity index (χ0v) is 8.97. The Hall–Kier alpha value is -0.860. The largest absolute Gasteiger partial charge is 0.320 e. The minimum Gasteiger partial charge on any atom is -0.320 e. The minimum atomic E-state index is 0.178. The molecule has 1 aromatic rings. The van der Waals surface area contributed by atoms with Crippen molar-refractivity contribution < 1.29 is 4.79 Å². The van der Waals surface area contributed by atoms with E-state index in [1.54, 1.807) is 24.3 Å². The van der Waals surface area contributed by atoms with Crippen molar-refractivity contribution >= 4 is 17.4 Å². The van der Waals surface area contributed by atoms with E-state index in [0.29, 0.717) is 11.4 Å². The second-order valence-electron chi connectivity index (χ2n) is 3.14. The fourth-order valence-corrected chi connectivity index (χ4v) is 1.33. The van der Waals surface area contributed by atoms with Gasteiger partial charge in [0.15, 0.2) is 5.78 Å². The zero-order valence-electron chi connectivity index (χ0n) is 8.22. The van der Waals surface area contributed by atoms with Gasteiger partial charge in [0.25, 0.3) is 0 Å². The molecule has 1 aromatic carbocycles. The fraction of sp³-hybridized carbons (Fsp3) is 0.364. The minimum absolute atomic E-state index is 0.178. The van der Waals surface area contributed by atoms with Crippen molar-refractivity contribution in [1.29, 1.82) is 0 Å². The van der Waals surface area contributed by atoms with Crippen LogP contribution < -0.4 is 5.32 Å². The monoisotopic (exact) mass is 211 g/mol. The fourth-order valence-electron chi connectivity index (χ4n) is 1.21. The lowest BCUT2D eigenvalue weighted by Gasteiger charge is -2.00. The summed E-state index contributed by atoms with van der Waals surface area (Å²) in [6.45, 7) is 0.874. The van der Waals surface area contributed by atoms with Crippen molar-refractivity contribution in [3.63, 3.8) is 0 Å². The maximum absolute atomic E-state index is 11.6. The Balaban J connectivity index is 2.48. The predicted octanol–water partition coefficient (Wildman–Crippen LogP) is 2.52. The Labute approximate surface area is 89.3 Å². The molecule has 0 saturated heterocycles.